The molecular weight excluding hydrogens is 254 g/mol. The molecule has 0 aliphatic rings. The molecule has 0 aliphatic heterocycles. The second kappa shape index (κ2) is 4.97. The second-order valence-electron chi connectivity index (χ2n) is 4.59. The van der Waals surface area contributed by atoms with Crippen LogP contribution in [0.25, 0.3) is 10.9 Å². The van der Waals surface area contributed by atoms with Crippen LogP contribution in [0.1, 0.15) is 22.7 Å². The number of anilines is 1. The van der Waals surface area contributed by atoms with Crippen molar-refractivity contribution in [2.24, 2.45) is 0 Å². The highest BCUT2D eigenvalue weighted by Gasteiger charge is 2.09. The van der Waals surface area contributed by atoms with Crippen LogP contribution < -0.4 is 5.32 Å². The third-order valence-corrected chi connectivity index (χ3v) is 4.29. The van der Waals surface area contributed by atoms with Crippen molar-refractivity contribution >= 4 is 27.9 Å². The first-order chi connectivity index (χ1) is 9.24. The van der Waals surface area contributed by atoms with Crippen molar-refractivity contribution in [2.75, 3.05) is 5.32 Å². The summed E-state index contributed by atoms with van der Waals surface area (Å²) in [6.07, 6.45) is 1.79. The Kier molecular flexibility index (Phi) is 3.17. The monoisotopic (exact) mass is 269 g/mol. The molecule has 19 heavy (non-hydrogen) atoms. The highest BCUT2D eigenvalue weighted by molar-refractivity contribution is 7.12. The molecule has 2 heterocycles. The molecule has 0 spiro atoms. The number of nitrogens with one attached hydrogen (secondary N) is 1. The van der Waals surface area contributed by atoms with Gasteiger partial charge in [-0.25, -0.2) is 0 Å². The summed E-state index contributed by atoms with van der Waals surface area (Å²) in [7, 11) is 0. The first-order valence-electron chi connectivity index (χ1n) is 6.27. The molecule has 0 saturated heterocycles. The van der Waals surface area contributed by atoms with E-state index in [0.29, 0.717) is 0 Å². The molecule has 3 nitrogen and oxygen atoms in total. The summed E-state index contributed by atoms with van der Waals surface area (Å²) >= 11 is 1.82. The Morgan fingerprint density at radius 1 is 1.16 bits per heavy atom. The van der Waals surface area contributed by atoms with Crippen LogP contribution in [0.4, 0.5) is 5.69 Å². The Balaban J connectivity index is 1.93. The van der Waals surface area contributed by atoms with Gasteiger partial charge in [0.2, 0.25) is 0 Å². The number of benzene rings is 1. The van der Waals surface area contributed by atoms with Crippen LogP contribution in [0.5, 0.6) is 0 Å². The highest BCUT2D eigenvalue weighted by Crippen LogP contribution is 2.28. The van der Waals surface area contributed by atoms with Gasteiger partial charge in [-0.3, -0.25) is 0 Å². The lowest BCUT2D eigenvalue weighted by atomic mass is 10.2. The molecule has 0 bridgehead atoms. The van der Waals surface area contributed by atoms with Crippen molar-refractivity contribution in [1.29, 1.82) is 0 Å². The van der Waals surface area contributed by atoms with Gasteiger partial charge in [0.25, 0.3) is 0 Å². The molecule has 1 atom stereocenters. The van der Waals surface area contributed by atoms with Gasteiger partial charge < -0.3 is 5.32 Å². The SMILES string of the molecule is Cc1ccc(C(C)Nc2cnnc3ccccc23)s1. The quantitative estimate of drug-likeness (QED) is 0.775. The largest absolute Gasteiger partial charge is 0.376 e. The molecule has 0 aliphatic carbocycles. The van der Waals surface area contributed by atoms with E-state index in [2.05, 4.69) is 47.6 Å². The predicted molar refractivity (Wildman–Crippen MR) is 80.6 cm³/mol. The number of nitrogens with zero attached hydrogens (tertiary/aromatic N) is 2. The molecule has 96 valence electrons. The van der Waals surface area contributed by atoms with Crippen molar-refractivity contribution in [1.82, 2.24) is 10.2 Å². The lowest BCUT2D eigenvalue weighted by Gasteiger charge is -2.14. The lowest BCUT2D eigenvalue weighted by molar-refractivity contribution is 0.905. The van der Waals surface area contributed by atoms with Gasteiger partial charge >= 0.3 is 0 Å². The molecule has 0 amide bonds. The minimum Gasteiger partial charge on any atom is -0.376 e. The number of fused-ring (bicyclic) bond motifs is 1. The summed E-state index contributed by atoms with van der Waals surface area (Å²) in [6.45, 7) is 4.30. The Morgan fingerprint density at radius 2 is 2.00 bits per heavy atom. The molecular formula is C15H15N3S. The minimum atomic E-state index is 0.270. The van der Waals surface area contributed by atoms with Crippen LogP contribution in [-0.2, 0) is 0 Å². The molecule has 1 aromatic carbocycles. The summed E-state index contributed by atoms with van der Waals surface area (Å²) in [4.78, 5) is 2.67. The zero-order chi connectivity index (χ0) is 13.2. The van der Waals surface area contributed by atoms with Gasteiger partial charge in [0, 0.05) is 15.1 Å². The molecule has 2 aromatic heterocycles. The first kappa shape index (κ1) is 12.1. The summed E-state index contributed by atoms with van der Waals surface area (Å²) in [5.74, 6) is 0. The van der Waals surface area contributed by atoms with Crippen molar-refractivity contribution in [3.8, 4) is 0 Å². The van der Waals surface area contributed by atoms with E-state index in [-0.39, 0.29) is 6.04 Å². The van der Waals surface area contributed by atoms with Crippen molar-refractivity contribution in [3.05, 3.63) is 52.3 Å². The number of thiophene rings is 1. The average molecular weight is 269 g/mol. The molecule has 3 rings (SSSR count). The van der Waals surface area contributed by atoms with Gasteiger partial charge in [0.05, 0.1) is 23.4 Å². The summed E-state index contributed by atoms with van der Waals surface area (Å²) in [6, 6.07) is 12.6. The van der Waals surface area contributed by atoms with E-state index in [1.807, 2.05) is 29.5 Å². The fourth-order valence-electron chi connectivity index (χ4n) is 2.11. The summed E-state index contributed by atoms with van der Waals surface area (Å²) < 4.78 is 0. The number of aromatic nitrogens is 2. The number of hydrogen-bond acceptors (Lipinski definition) is 4. The predicted octanol–water partition coefficient (Wildman–Crippen LogP) is 4.17. The highest BCUT2D eigenvalue weighted by atomic mass is 32.1. The van der Waals surface area contributed by atoms with Crippen LogP contribution in [0.3, 0.4) is 0 Å². The van der Waals surface area contributed by atoms with Gasteiger partial charge in [0.1, 0.15) is 0 Å². The zero-order valence-electron chi connectivity index (χ0n) is 10.9. The van der Waals surface area contributed by atoms with Crippen LogP contribution in [0.15, 0.2) is 42.6 Å². The number of aryl methyl sites for hydroxylation is 1. The van der Waals surface area contributed by atoms with Crippen LogP contribution in [-0.4, -0.2) is 10.2 Å². The maximum atomic E-state index is 4.14. The van der Waals surface area contributed by atoms with E-state index in [1.165, 1.54) is 9.75 Å². The molecule has 0 saturated carbocycles. The molecule has 4 heteroatoms. The Labute approximate surface area is 116 Å². The second-order valence-corrected chi connectivity index (χ2v) is 5.91. The lowest BCUT2D eigenvalue weighted by Crippen LogP contribution is -2.06. The van der Waals surface area contributed by atoms with E-state index in [1.54, 1.807) is 6.20 Å². The Morgan fingerprint density at radius 3 is 2.79 bits per heavy atom. The average Bonchev–Trinajstić information content (AvgIpc) is 2.86. The molecule has 1 unspecified atom stereocenters. The normalized spacial score (nSPS) is 12.5. The van der Waals surface area contributed by atoms with Crippen molar-refractivity contribution in [2.45, 2.75) is 19.9 Å². The maximum absolute atomic E-state index is 4.14. The zero-order valence-corrected chi connectivity index (χ0v) is 11.7. The van der Waals surface area contributed by atoms with Gasteiger partial charge in [0.15, 0.2) is 0 Å². The molecule has 0 fully saturated rings. The minimum absolute atomic E-state index is 0.270. The van der Waals surface area contributed by atoms with Gasteiger partial charge in [-0.1, -0.05) is 18.2 Å². The fourth-order valence-corrected chi connectivity index (χ4v) is 2.99. The summed E-state index contributed by atoms with van der Waals surface area (Å²) in [5, 5.41) is 12.8. The van der Waals surface area contributed by atoms with Crippen LogP contribution in [0.2, 0.25) is 0 Å². The van der Waals surface area contributed by atoms with E-state index >= 15 is 0 Å². The van der Waals surface area contributed by atoms with E-state index in [4.69, 9.17) is 0 Å². The van der Waals surface area contributed by atoms with Crippen molar-refractivity contribution < 1.29 is 0 Å². The molecule has 1 N–H and O–H groups in total. The Hall–Kier alpha value is -1.94. The third kappa shape index (κ3) is 2.44. The van der Waals surface area contributed by atoms with Gasteiger partial charge in [-0.05, 0) is 32.0 Å². The van der Waals surface area contributed by atoms with Crippen LogP contribution in [0, 0.1) is 6.92 Å². The smallest absolute Gasteiger partial charge is 0.0950 e. The topological polar surface area (TPSA) is 37.8 Å². The molecule has 3 aromatic rings. The number of rotatable bonds is 3. The van der Waals surface area contributed by atoms with Crippen LogP contribution >= 0.6 is 11.3 Å². The molecule has 0 radical (unpaired) electrons. The Bertz CT molecular complexity index is 700. The summed E-state index contributed by atoms with van der Waals surface area (Å²) in [5.41, 5.74) is 1.95. The first-order valence-corrected chi connectivity index (χ1v) is 7.09. The van der Waals surface area contributed by atoms with E-state index in [9.17, 15) is 0 Å². The number of hydrogen-bond donors (Lipinski definition) is 1. The maximum Gasteiger partial charge on any atom is 0.0950 e. The standard InChI is InChI=1S/C15H15N3S/c1-10-7-8-15(19-10)11(2)17-14-9-16-18-13-6-4-3-5-12(13)14/h3-9,11H,1-2H3,(H,17,18). The fraction of sp³-hybridized carbons (Fsp3) is 0.200. The third-order valence-electron chi connectivity index (χ3n) is 3.11. The van der Waals surface area contributed by atoms with Gasteiger partial charge in [-0.15, -0.1) is 11.3 Å². The van der Waals surface area contributed by atoms with Crippen molar-refractivity contribution in [3.63, 3.8) is 0 Å². The van der Waals surface area contributed by atoms with E-state index < -0.39 is 0 Å². The van der Waals surface area contributed by atoms with Gasteiger partial charge in [-0.2, -0.15) is 10.2 Å². The van der Waals surface area contributed by atoms with E-state index in [0.717, 1.165) is 16.6 Å².